The summed E-state index contributed by atoms with van der Waals surface area (Å²) in [6.45, 7) is 12.4. The fraction of sp³-hybridized carbons (Fsp3) is 0.400. The maximum atomic E-state index is 6.35. The number of piperidine rings is 2. The summed E-state index contributed by atoms with van der Waals surface area (Å²) in [5.74, 6) is 1.81. The number of ether oxygens (including phenoxy) is 2. The number of rotatable bonds is 11. The quantitative estimate of drug-likeness (QED) is 0.159. The zero-order chi connectivity index (χ0) is 31.0. The van der Waals surface area contributed by atoms with Gasteiger partial charge in [-0.15, -0.1) is 0 Å². The molecule has 0 saturated carbocycles. The Morgan fingerprint density at radius 1 is 0.578 bits per heavy atom. The molecule has 5 heteroatoms. The van der Waals surface area contributed by atoms with E-state index in [1.807, 2.05) is 0 Å². The average Bonchev–Trinajstić information content (AvgIpc) is 3.06. The van der Waals surface area contributed by atoms with Gasteiger partial charge in [0.2, 0.25) is 0 Å². The SMILES string of the molecule is Cc1c(COc2ccc(CN3CCCCC3)cc2)cccc1-c1cccc(COc2ccc(CN3CCCCC3)cc2Br)c1C. The molecule has 45 heavy (non-hydrogen) atoms. The molecule has 2 saturated heterocycles. The van der Waals surface area contributed by atoms with Crippen LogP contribution in [0.3, 0.4) is 0 Å². The molecular weight excluding hydrogens is 620 g/mol. The van der Waals surface area contributed by atoms with Gasteiger partial charge in [0, 0.05) is 13.1 Å². The third-order valence-electron chi connectivity index (χ3n) is 9.59. The molecule has 0 bridgehead atoms. The largest absolute Gasteiger partial charge is 0.489 e. The monoisotopic (exact) mass is 666 g/mol. The zero-order valence-electron chi connectivity index (χ0n) is 27.0. The van der Waals surface area contributed by atoms with Crippen molar-refractivity contribution in [2.75, 3.05) is 26.2 Å². The molecule has 0 aromatic heterocycles. The van der Waals surface area contributed by atoms with Crippen molar-refractivity contribution in [1.29, 1.82) is 0 Å². The van der Waals surface area contributed by atoms with Crippen LogP contribution in [0.4, 0.5) is 0 Å². The van der Waals surface area contributed by atoms with E-state index >= 15 is 0 Å². The lowest BCUT2D eigenvalue weighted by Gasteiger charge is -2.26. The van der Waals surface area contributed by atoms with Gasteiger partial charge in [-0.2, -0.15) is 0 Å². The van der Waals surface area contributed by atoms with E-state index < -0.39 is 0 Å². The van der Waals surface area contributed by atoms with Crippen molar-refractivity contribution in [2.45, 2.75) is 78.7 Å². The van der Waals surface area contributed by atoms with Gasteiger partial charge in [-0.1, -0.05) is 67.4 Å². The van der Waals surface area contributed by atoms with Crippen molar-refractivity contribution in [3.05, 3.63) is 117 Å². The molecule has 4 aromatic rings. The van der Waals surface area contributed by atoms with Crippen LogP contribution in [0.15, 0.2) is 83.3 Å². The van der Waals surface area contributed by atoms with E-state index in [0.717, 1.165) is 29.1 Å². The molecule has 2 heterocycles. The average molecular weight is 668 g/mol. The molecule has 0 amide bonds. The van der Waals surface area contributed by atoms with E-state index in [1.54, 1.807) is 0 Å². The van der Waals surface area contributed by atoms with Gasteiger partial charge in [-0.25, -0.2) is 0 Å². The minimum Gasteiger partial charge on any atom is -0.489 e. The molecule has 0 radical (unpaired) electrons. The van der Waals surface area contributed by atoms with Crippen molar-refractivity contribution in [3.8, 4) is 22.6 Å². The lowest BCUT2D eigenvalue weighted by molar-refractivity contribution is 0.220. The Balaban J connectivity index is 1.08. The van der Waals surface area contributed by atoms with Crippen LogP contribution in [0.1, 0.15) is 71.9 Å². The Kier molecular flexibility index (Phi) is 10.9. The minimum absolute atomic E-state index is 0.527. The fourth-order valence-electron chi connectivity index (χ4n) is 6.78. The Bertz CT molecular complexity index is 1560. The molecule has 0 spiro atoms. The third-order valence-corrected chi connectivity index (χ3v) is 10.2. The second kappa shape index (κ2) is 15.4. The summed E-state index contributed by atoms with van der Waals surface area (Å²) in [4.78, 5) is 5.11. The standard InChI is InChI=1S/C40H47BrN2O2/c1-30-34(28-44-36-18-15-32(16-19-36)26-42-21-5-3-6-22-42)11-9-13-37(30)38-14-10-12-35(31(38)2)29-45-40-20-17-33(25-39(40)41)27-43-23-7-4-8-24-43/h9-20,25H,3-8,21-24,26-29H2,1-2H3. The molecule has 2 fully saturated rings. The highest BCUT2D eigenvalue weighted by atomic mass is 79.9. The van der Waals surface area contributed by atoms with Crippen LogP contribution in [0.2, 0.25) is 0 Å². The van der Waals surface area contributed by atoms with E-state index in [1.165, 1.54) is 109 Å². The van der Waals surface area contributed by atoms with E-state index in [4.69, 9.17) is 9.47 Å². The topological polar surface area (TPSA) is 24.9 Å². The number of hydrogen-bond acceptors (Lipinski definition) is 4. The lowest BCUT2D eigenvalue weighted by atomic mass is 9.92. The minimum atomic E-state index is 0.527. The summed E-state index contributed by atoms with van der Waals surface area (Å²) in [5.41, 5.74) is 10.1. The third kappa shape index (κ3) is 8.38. The molecule has 4 nitrogen and oxygen atoms in total. The van der Waals surface area contributed by atoms with Crippen molar-refractivity contribution in [1.82, 2.24) is 9.80 Å². The molecule has 6 rings (SSSR count). The highest BCUT2D eigenvalue weighted by Crippen LogP contribution is 2.33. The summed E-state index contributed by atoms with van der Waals surface area (Å²) in [5, 5.41) is 0. The highest BCUT2D eigenvalue weighted by Gasteiger charge is 2.15. The maximum Gasteiger partial charge on any atom is 0.134 e. The van der Waals surface area contributed by atoms with Crippen molar-refractivity contribution >= 4 is 15.9 Å². The fourth-order valence-corrected chi connectivity index (χ4v) is 7.32. The van der Waals surface area contributed by atoms with Crippen LogP contribution in [-0.4, -0.2) is 36.0 Å². The van der Waals surface area contributed by atoms with Crippen molar-refractivity contribution in [2.24, 2.45) is 0 Å². The predicted molar refractivity (Wildman–Crippen MR) is 189 cm³/mol. The second-order valence-corrected chi connectivity index (χ2v) is 13.7. The van der Waals surface area contributed by atoms with Crippen LogP contribution in [0, 0.1) is 13.8 Å². The first kappa shape index (κ1) is 31.8. The Hall–Kier alpha value is -3.12. The molecule has 0 N–H and O–H groups in total. The van der Waals surface area contributed by atoms with Gasteiger partial charge < -0.3 is 9.47 Å². The van der Waals surface area contributed by atoms with Crippen molar-refractivity contribution in [3.63, 3.8) is 0 Å². The predicted octanol–water partition coefficient (Wildman–Crippen LogP) is 9.86. The van der Waals surface area contributed by atoms with Gasteiger partial charge in [0.05, 0.1) is 4.47 Å². The van der Waals surface area contributed by atoms with Crippen LogP contribution < -0.4 is 9.47 Å². The first-order chi connectivity index (χ1) is 22.0. The van der Waals surface area contributed by atoms with E-state index in [-0.39, 0.29) is 0 Å². The summed E-state index contributed by atoms with van der Waals surface area (Å²) >= 11 is 3.77. The number of halogens is 1. The summed E-state index contributed by atoms with van der Waals surface area (Å²) in [6, 6.07) is 28.3. The molecular formula is C40H47BrN2O2. The van der Waals surface area contributed by atoms with Crippen LogP contribution in [0.25, 0.3) is 11.1 Å². The molecule has 4 aromatic carbocycles. The van der Waals surface area contributed by atoms with Crippen LogP contribution >= 0.6 is 15.9 Å². The molecule has 236 valence electrons. The summed E-state index contributed by atoms with van der Waals surface area (Å²) in [6.07, 6.45) is 8.00. The number of likely N-dealkylation sites (tertiary alicyclic amines) is 2. The Morgan fingerprint density at radius 2 is 1.09 bits per heavy atom. The van der Waals surface area contributed by atoms with Gasteiger partial charge in [0.1, 0.15) is 24.7 Å². The van der Waals surface area contributed by atoms with E-state index in [0.29, 0.717) is 13.2 Å². The van der Waals surface area contributed by atoms with E-state index in [9.17, 15) is 0 Å². The van der Waals surface area contributed by atoms with Gasteiger partial charge in [-0.05, 0) is 150 Å². The molecule has 2 aliphatic rings. The highest BCUT2D eigenvalue weighted by molar-refractivity contribution is 9.10. The summed E-state index contributed by atoms with van der Waals surface area (Å²) in [7, 11) is 0. The molecule has 0 atom stereocenters. The first-order valence-electron chi connectivity index (χ1n) is 16.8. The maximum absolute atomic E-state index is 6.35. The normalized spacial score (nSPS) is 16.1. The molecule has 0 unspecified atom stereocenters. The molecule has 2 aliphatic heterocycles. The zero-order valence-corrected chi connectivity index (χ0v) is 28.6. The van der Waals surface area contributed by atoms with Crippen LogP contribution in [0.5, 0.6) is 11.5 Å². The van der Waals surface area contributed by atoms with Gasteiger partial charge >= 0.3 is 0 Å². The van der Waals surface area contributed by atoms with E-state index in [2.05, 4.69) is 118 Å². The van der Waals surface area contributed by atoms with Crippen LogP contribution in [-0.2, 0) is 26.3 Å². The number of nitrogens with zero attached hydrogens (tertiary/aromatic N) is 2. The number of benzene rings is 4. The Labute approximate surface area is 278 Å². The summed E-state index contributed by atoms with van der Waals surface area (Å²) < 4.78 is 13.6. The Morgan fingerprint density at radius 3 is 1.64 bits per heavy atom. The van der Waals surface area contributed by atoms with Gasteiger partial charge in [-0.3, -0.25) is 9.80 Å². The van der Waals surface area contributed by atoms with Crippen molar-refractivity contribution < 1.29 is 9.47 Å². The second-order valence-electron chi connectivity index (χ2n) is 12.8. The first-order valence-corrected chi connectivity index (χ1v) is 17.6. The van der Waals surface area contributed by atoms with Gasteiger partial charge in [0.15, 0.2) is 0 Å². The van der Waals surface area contributed by atoms with Gasteiger partial charge in [0.25, 0.3) is 0 Å². The smallest absolute Gasteiger partial charge is 0.134 e. The number of hydrogen-bond donors (Lipinski definition) is 0. The molecule has 0 aliphatic carbocycles. The lowest BCUT2D eigenvalue weighted by Crippen LogP contribution is -2.29.